The summed E-state index contributed by atoms with van der Waals surface area (Å²) in [6, 6.07) is 24.3. The molecule has 0 aliphatic rings. The molecule has 1 N–H and O–H groups in total. The summed E-state index contributed by atoms with van der Waals surface area (Å²) in [7, 11) is 0. The first-order chi connectivity index (χ1) is 15.6. The highest BCUT2D eigenvalue weighted by Crippen LogP contribution is 2.27. The van der Waals surface area contributed by atoms with Gasteiger partial charge >= 0.3 is 0 Å². The van der Waals surface area contributed by atoms with Gasteiger partial charge in [-0.3, -0.25) is 9.36 Å². The number of aryl methyl sites for hydroxylation is 2. The minimum atomic E-state index is -0.0746. The Morgan fingerprint density at radius 1 is 1.00 bits per heavy atom. The second-order valence-electron chi connectivity index (χ2n) is 7.84. The van der Waals surface area contributed by atoms with Gasteiger partial charge in [0.1, 0.15) is 11.0 Å². The third-order valence-corrected chi connectivity index (χ3v) is 6.41. The smallest absolute Gasteiger partial charge is 0.283 e. The number of aromatic nitrogens is 3. The Morgan fingerprint density at radius 3 is 2.62 bits per heavy atom. The molecule has 0 saturated heterocycles. The Balaban J connectivity index is 1.65. The molecule has 2 heterocycles. The molecular formula is C27H23N3OS. The molecule has 5 rings (SSSR count). The van der Waals surface area contributed by atoms with Crippen LogP contribution >= 0.6 is 11.8 Å². The first-order valence-corrected chi connectivity index (χ1v) is 11.6. The maximum Gasteiger partial charge on any atom is 0.283 e. The molecule has 0 amide bonds. The van der Waals surface area contributed by atoms with Gasteiger partial charge in [0.15, 0.2) is 5.16 Å². The number of H-pyrrole nitrogens is 1. The van der Waals surface area contributed by atoms with E-state index in [0.29, 0.717) is 16.4 Å². The van der Waals surface area contributed by atoms with E-state index in [1.54, 1.807) is 16.3 Å². The highest BCUT2D eigenvalue weighted by atomic mass is 32.2. The summed E-state index contributed by atoms with van der Waals surface area (Å²) in [6.45, 7) is 4.07. The van der Waals surface area contributed by atoms with E-state index in [-0.39, 0.29) is 5.56 Å². The number of nitrogens with zero attached hydrogens (tertiary/aromatic N) is 2. The van der Waals surface area contributed by atoms with Crippen LogP contribution in [0.4, 0.5) is 0 Å². The van der Waals surface area contributed by atoms with Crippen molar-refractivity contribution in [3.05, 3.63) is 106 Å². The maximum absolute atomic E-state index is 13.7. The fraction of sp³-hybridized carbons (Fsp3) is 0.111. The van der Waals surface area contributed by atoms with Crippen LogP contribution in [-0.2, 0) is 0 Å². The SMILES string of the molecule is Cc1ccc(C)c(-n2c(SCC=Cc3ccccc3)nc3c([nH]c4ccccc43)c2=O)c1. The number of hydrogen-bond acceptors (Lipinski definition) is 3. The molecule has 0 radical (unpaired) electrons. The second kappa shape index (κ2) is 8.52. The average molecular weight is 438 g/mol. The molecule has 0 aliphatic heterocycles. The molecule has 0 atom stereocenters. The van der Waals surface area contributed by atoms with Gasteiger partial charge in [-0.1, -0.05) is 84.6 Å². The lowest BCUT2D eigenvalue weighted by Gasteiger charge is -2.14. The van der Waals surface area contributed by atoms with E-state index in [0.717, 1.165) is 38.8 Å². The van der Waals surface area contributed by atoms with Crippen LogP contribution in [0.2, 0.25) is 0 Å². The molecule has 4 nitrogen and oxygen atoms in total. The minimum Gasteiger partial charge on any atom is -0.349 e. The van der Waals surface area contributed by atoms with Gasteiger partial charge in [0.05, 0.1) is 5.69 Å². The van der Waals surface area contributed by atoms with Crippen molar-refractivity contribution in [2.75, 3.05) is 5.75 Å². The van der Waals surface area contributed by atoms with Crippen LogP contribution in [-0.4, -0.2) is 20.3 Å². The summed E-state index contributed by atoms with van der Waals surface area (Å²) in [5, 5.41) is 1.66. The molecule has 32 heavy (non-hydrogen) atoms. The van der Waals surface area contributed by atoms with Crippen molar-refractivity contribution < 1.29 is 0 Å². The average Bonchev–Trinajstić information content (AvgIpc) is 3.19. The van der Waals surface area contributed by atoms with Gasteiger partial charge in [-0.05, 0) is 42.7 Å². The summed E-state index contributed by atoms with van der Waals surface area (Å²) in [5.41, 5.74) is 6.28. The van der Waals surface area contributed by atoms with Crippen LogP contribution in [0.1, 0.15) is 16.7 Å². The first kappa shape index (κ1) is 20.3. The number of fused-ring (bicyclic) bond motifs is 3. The minimum absolute atomic E-state index is 0.0746. The lowest BCUT2D eigenvalue weighted by molar-refractivity contribution is 0.813. The van der Waals surface area contributed by atoms with Crippen LogP contribution < -0.4 is 5.56 Å². The molecule has 158 valence electrons. The third-order valence-electron chi connectivity index (χ3n) is 5.52. The summed E-state index contributed by atoms with van der Waals surface area (Å²) in [5.74, 6) is 0.708. The van der Waals surface area contributed by atoms with Crippen molar-refractivity contribution >= 4 is 39.8 Å². The molecule has 0 unspecified atom stereocenters. The van der Waals surface area contributed by atoms with Gasteiger partial charge in [0.2, 0.25) is 0 Å². The Labute approximate surface area is 190 Å². The van der Waals surface area contributed by atoms with Gasteiger partial charge in [-0.25, -0.2) is 4.98 Å². The molecular weight excluding hydrogens is 414 g/mol. The van der Waals surface area contributed by atoms with Crippen molar-refractivity contribution in [1.29, 1.82) is 0 Å². The molecule has 3 aromatic carbocycles. The van der Waals surface area contributed by atoms with E-state index >= 15 is 0 Å². The van der Waals surface area contributed by atoms with Crippen LogP contribution in [0.5, 0.6) is 0 Å². The molecule has 0 aliphatic carbocycles. The van der Waals surface area contributed by atoms with E-state index in [2.05, 4.69) is 47.5 Å². The number of hydrogen-bond donors (Lipinski definition) is 1. The van der Waals surface area contributed by atoms with Crippen LogP contribution in [0, 0.1) is 13.8 Å². The van der Waals surface area contributed by atoms with Crippen molar-refractivity contribution in [2.45, 2.75) is 19.0 Å². The van der Waals surface area contributed by atoms with Gasteiger partial charge in [0.25, 0.3) is 5.56 Å². The zero-order valence-corrected chi connectivity index (χ0v) is 18.8. The van der Waals surface area contributed by atoms with Crippen LogP contribution in [0.15, 0.2) is 88.8 Å². The monoisotopic (exact) mass is 437 g/mol. The van der Waals surface area contributed by atoms with E-state index < -0.39 is 0 Å². The number of aromatic amines is 1. The zero-order chi connectivity index (χ0) is 22.1. The second-order valence-corrected chi connectivity index (χ2v) is 8.83. The van der Waals surface area contributed by atoms with Crippen molar-refractivity contribution in [1.82, 2.24) is 14.5 Å². The normalized spacial score (nSPS) is 11.7. The number of para-hydroxylation sites is 1. The molecule has 5 heteroatoms. The third kappa shape index (κ3) is 3.76. The molecule has 5 aromatic rings. The lowest BCUT2D eigenvalue weighted by atomic mass is 10.1. The van der Waals surface area contributed by atoms with Gasteiger partial charge in [-0.2, -0.15) is 0 Å². The standard InChI is InChI=1S/C27H23N3OS/c1-18-14-15-19(2)23(17-18)30-26(31)25-24(21-12-6-7-13-22(21)28-25)29-27(30)32-16-8-11-20-9-4-3-5-10-20/h3-15,17,28H,16H2,1-2H3. The van der Waals surface area contributed by atoms with E-state index in [1.165, 1.54) is 0 Å². The van der Waals surface area contributed by atoms with Crippen molar-refractivity contribution in [3.63, 3.8) is 0 Å². The Bertz CT molecular complexity index is 1510. The van der Waals surface area contributed by atoms with Crippen molar-refractivity contribution in [3.8, 4) is 5.69 Å². The van der Waals surface area contributed by atoms with E-state index in [9.17, 15) is 4.79 Å². The highest BCUT2D eigenvalue weighted by molar-refractivity contribution is 7.99. The number of thioether (sulfide) groups is 1. The van der Waals surface area contributed by atoms with Gasteiger partial charge in [0, 0.05) is 16.7 Å². The summed E-state index contributed by atoms with van der Waals surface area (Å²) < 4.78 is 1.75. The van der Waals surface area contributed by atoms with Crippen molar-refractivity contribution in [2.24, 2.45) is 0 Å². The summed E-state index contributed by atoms with van der Waals surface area (Å²) in [6.07, 6.45) is 4.20. The maximum atomic E-state index is 13.7. The van der Waals surface area contributed by atoms with Gasteiger partial charge < -0.3 is 4.98 Å². The number of benzene rings is 3. The Kier molecular flexibility index (Phi) is 5.41. The first-order valence-electron chi connectivity index (χ1n) is 10.6. The Hall–Kier alpha value is -3.57. The topological polar surface area (TPSA) is 50.7 Å². The molecule has 0 spiro atoms. The van der Waals surface area contributed by atoms with Crippen LogP contribution in [0.25, 0.3) is 33.7 Å². The number of rotatable bonds is 5. The fourth-order valence-electron chi connectivity index (χ4n) is 3.88. The Morgan fingerprint density at radius 2 is 1.78 bits per heavy atom. The quantitative estimate of drug-likeness (QED) is 0.260. The van der Waals surface area contributed by atoms with Gasteiger partial charge in [-0.15, -0.1) is 0 Å². The molecule has 2 aromatic heterocycles. The van der Waals surface area contributed by atoms with Crippen LogP contribution in [0.3, 0.4) is 0 Å². The molecule has 0 fully saturated rings. The molecule has 0 bridgehead atoms. The van der Waals surface area contributed by atoms with E-state index in [4.69, 9.17) is 4.98 Å². The largest absolute Gasteiger partial charge is 0.349 e. The zero-order valence-electron chi connectivity index (χ0n) is 18.0. The fourth-order valence-corrected chi connectivity index (χ4v) is 4.69. The van der Waals surface area contributed by atoms with E-state index in [1.807, 2.05) is 56.3 Å². The highest BCUT2D eigenvalue weighted by Gasteiger charge is 2.18. The summed E-state index contributed by atoms with van der Waals surface area (Å²) in [4.78, 5) is 22.0. The lowest BCUT2D eigenvalue weighted by Crippen LogP contribution is -2.22. The summed E-state index contributed by atoms with van der Waals surface area (Å²) >= 11 is 1.57. The number of nitrogens with one attached hydrogen (secondary N) is 1. The predicted octanol–water partition coefficient (Wildman–Crippen LogP) is 6.29. The molecule has 0 saturated carbocycles. The predicted molar refractivity (Wildman–Crippen MR) is 135 cm³/mol.